The summed E-state index contributed by atoms with van der Waals surface area (Å²) < 4.78 is 46.7. The molecule has 0 fully saturated rings. The summed E-state index contributed by atoms with van der Waals surface area (Å²) in [5.74, 6) is -2.13. The molecule has 0 radical (unpaired) electrons. The number of Topliss-reactive ketones (excluding diaryl/α,β-unsaturated/α-hetero) is 1. The van der Waals surface area contributed by atoms with Gasteiger partial charge in [-0.3, -0.25) is 9.48 Å². The van der Waals surface area contributed by atoms with Crippen molar-refractivity contribution in [3.63, 3.8) is 0 Å². The highest BCUT2D eigenvalue weighted by Gasteiger charge is 2.40. The highest BCUT2D eigenvalue weighted by Crippen LogP contribution is 2.22. The first kappa shape index (κ1) is 31.7. The molecule has 1 rings (SSSR count). The summed E-state index contributed by atoms with van der Waals surface area (Å²) >= 11 is 0. The Morgan fingerprint density at radius 3 is 2.00 bits per heavy atom. The van der Waals surface area contributed by atoms with Gasteiger partial charge in [0.1, 0.15) is 5.56 Å². The third-order valence-electron chi connectivity index (χ3n) is 2.83. The van der Waals surface area contributed by atoms with Gasteiger partial charge in [0.25, 0.3) is 5.78 Å². The van der Waals surface area contributed by atoms with E-state index in [0.29, 0.717) is 17.9 Å². The number of carbonyl (C=O) groups is 2. The van der Waals surface area contributed by atoms with E-state index < -0.39 is 12.0 Å². The molecule has 1 heterocycles. The molecule has 12 heteroatoms. The summed E-state index contributed by atoms with van der Waals surface area (Å²) in [6.45, 7) is 7.30. The Labute approximate surface area is 173 Å². The van der Waals surface area contributed by atoms with E-state index in [-0.39, 0.29) is 30.7 Å². The fourth-order valence-corrected chi connectivity index (χ4v) is 1.67. The Morgan fingerprint density at radius 1 is 1.20 bits per heavy atom. The number of nitrogens with zero attached hydrogens (tertiary/aromatic N) is 2. The van der Waals surface area contributed by atoms with Gasteiger partial charge < -0.3 is 15.2 Å². The molecule has 0 saturated carbocycles. The van der Waals surface area contributed by atoms with Gasteiger partial charge in [-0.1, -0.05) is 6.92 Å². The maximum atomic E-state index is 11.9. The van der Waals surface area contributed by atoms with Crippen molar-refractivity contribution in [3.8, 4) is 0 Å². The van der Waals surface area contributed by atoms with Crippen LogP contribution in [0.25, 0.3) is 0 Å². The molecule has 9 nitrogen and oxygen atoms in total. The van der Waals surface area contributed by atoms with E-state index in [2.05, 4.69) is 15.6 Å². The van der Waals surface area contributed by atoms with Crippen LogP contribution in [0.3, 0.4) is 0 Å². The van der Waals surface area contributed by atoms with E-state index in [9.17, 15) is 22.8 Å². The number of alkyl halides is 3. The average Bonchev–Trinajstić information content (AvgIpc) is 3.03. The third kappa shape index (κ3) is 14.1. The summed E-state index contributed by atoms with van der Waals surface area (Å²) in [6.07, 6.45) is -2.01. The molecule has 0 aromatic carbocycles. The van der Waals surface area contributed by atoms with Gasteiger partial charge in [0.05, 0.1) is 25.2 Å². The van der Waals surface area contributed by atoms with Crippen LogP contribution in [0.1, 0.15) is 43.2 Å². The van der Waals surface area contributed by atoms with Crippen LogP contribution in [0, 0.1) is 6.92 Å². The van der Waals surface area contributed by atoms with Crippen molar-refractivity contribution >= 4 is 17.9 Å². The highest BCUT2D eigenvalue weighted by molar-refractivity contribution is 5.99. The van der Waals surface area contributed by atoms with Gasteiger partial charge in [-0.05, 0) is 34.2 Å². The Bertz CT molecular complexity index is 694. The zero-order valence-electron chi connectivity index (χ0n) is 17.8. The van der Waals surface area contributed by atoms with E-state index >= 15 is 0 Å². The van der Waals surface area contributed by atoms with Crippen LogP contribution in [0.15, 0.2) is 18.0 Å². The van der Waals surface area contributed by atoms with Gasteiger partial charge in [-0.25, -0.2) is 4.79 Å². The number of ketones is 1. The fraction of sp³-hybridized carbons (Fsp3) is 0.556. The Hall–Kier alpha value is -2.98. The molecule has 0 aliphatic carbocycles. The third-order valence-corrected chi connectivity index (χ3v) is 2.83. The number of esters is 1. The van der Waals surface area contributed by atoms with E-state index in [4.69, 9.17) is 14.3 Å². The van der Waals surface area contributed by atoms with E-state index in [1.807, 2.05) is 0 Å². The van der Waals surface area contributed by atoms with Crippen molar-refractivity contribution in [3.05, 3.63) is 29.3 Å². The van der Waals surface area contributed by atoms with Crippen molar-refractivity contribution in [1.29, 1.82) is 0 Å². The molecule has 0 aliphatic heterocycles. The molecule has 0 aliphatic rings. The minimum atomic E-state index is -4.81. The maximum Gasteiger partial charge on any atom is 0.454 e. The van der Waals surface area contributed by atoms with Crippen LogP contribution in [0.5, 0.6) is 0 Å². The van der Waals surface area contributed by atoms with Gasteiger partial charge in [-0.2, -0.15) is 27.9 Å². The van der Waals surface area contributed by atoms with Crippen LogP contribution in [0.2, 0.25) is 0 Å². The lowest BCUT2D eigenvalue weighted by Crippen LogP contribution is -2.24. The Balaban J connectivity index is -0.000000400. The van der Waals surface area contributed by atoms with Crippen LogP contribution in [0.4, 0.5) is 13.2 Å². The number of hydrogen-bond donors (Lipinski definition) is 1. The molecule has 0 spiro atoms. The minimum Gasteiger partial charge on any atom is -0.501 e. The first-order valence-electron chi connectivity index (χ1n) is 8.66. The topological polar surface area (TPSA) is 131 Å². The van der Waals surface area contributed by atoms with Crippen LogP contribution in [-0.2, 0) is 30.9 Å². The standard InChI is InChI=1S/C8H11F3O2.C8H12N2O2.CH5N.CO2/c1-3-6(5-13-4-2)7(12)8(9,10)11;1-4-12-8(11)7-5-10(3)9-6(7)2;1-2;2-1-3/h5H,3-4H2,1-2H3;5H,4H2,1-3H3;2H2,1H3;/b6-5+;;;. The molecular weight excluding hydrogens is 411 g/mol. The molecular formula is C18H28F3N3O6. The zero-order valence-corrected chi connectivity index (χ0v) is 17.8. The van der Waals surface area contributed by atoms with E-state index in [0.717, 1.165) is 6.26 Å². The van der Waals surface area contributed by atoms with Gasteiger partial charge in [0.2, 0.25) is 0 Å². The quantitative estimate of drug-likeness (QED) is 0.406. The summed E-state index contributed by atoms with van der Waals surface area (Å²) in [6, 6.07) is 0. The van der Waals surface area contributed by atoms with Crippen LogP contribution in [-0.4, -0.2) is 54.1 Å². The summed E-state index contributed by atoms with van der Waals surface area (Å²) in [5, 5.41) is 4.03. The van der Waals surface area contributed by atoms with Crippen LogP contribution >= 0.6 is 0 Å². The molecule has 2 N–H and O–H groups in total. The predicted molar refractivity (Wildman–Crippen MR) is 100 cm³/mol. The van der Waals surface area contributed by atoms with Crippen molar-refractivity contribution in [2.45, 2.75) is 40.3 Å². The number of aromatic nitrogens is 2. The molecule has 1 aromatic rings. The Morgan fingerprint density at radius 2 is 1.70 bits per heavy atom. The number of aryl methyl sites for hydroxylation is 2. The monoisotopic (exact) mass is 439 g/mol. The average molecular weight is 439 g/mol. The SMILES string of the molecule is CCO/C=C(\CC)C(=O)C(F)(F)F.CCOC(=O)c1cn(C)nc1C.CN.O=C=O. The van der Waals surface area contributed by atoms with Crippen molar-refractivity contribution < 1.29 is 41.8 Å². The van der Waals surface area contributed by atoms with Gasteiger partial charge >= 0.3 is 18.3 Å². The number of nitrogens with two attached hydrogens (primary N) is 1. The van der Waals surface area contributed by atoms with Crippen LogP contribution < -0.4 is 5.73 Å². The molecule has 0 saturated heterocycles. The molecule has 0 unspecified atom stereocenters. The normalized spacial score (nSPS) is 10.0. The minimum absolute atomic E-state index is 0.0122. The summed E-state index contributed by atoms with van der Waals surface area (Å²) in [7, 11) is 3.27. The maximum absolute atomic E-state index is 11.9. The predicted octanol–water partition coefficient (Wildman–Crippen LogP) is 2.34. The smallest absolute Gasteiger partial charge is 0.454 e. The number of hydrogen-bond acceptors (Lipinski definition) is 8. The number of rotatable bonds is 6. The van der Waals surface area contributed by atoms with Gasteiger partial charge in [-0.15, -0.1) is 0 Å². The largest absolute Gasteiger partial charge is 0.501 e. The summed E-state index contributed by atoms with van der Waals surface area (Å²) in [5.41, 5.74) is 5.39. The number of allylic oxidation sites excluding steroid dienone is 1. The van der Waals surface area contributed by atoms with Gasteiger partial charge in [0, 0.05) is 18.8 Å². The first-order valence-corrected chi connectivity index (χ1v) is 8.66. The molecule has 0 amide bonds. The molecule has 0 bridgehead atoms. The highest BCUT2D eigenvalue weighted by atomic mass is 19.4. The fourth-order valence-electron chi connectivity index (χ4n) is 1.67. The number of ether oxygens (including phenoxy) is 2. The Kier molecular flexibility index (Phi) is 19.1. The second-order valence-electron chi connectivity index (χ2n) is 4.88. The molecule has 0 atom stereocenters. The molecule has 172 valence electrons. The van der Waals surface area contributed by atoms with E-state index in [1.165, 1.54) is 14.0 Å². The number of halogens is 3. The lowest BCUT2D eigenvalue weighted by Gasteiger charge is -2.06. The summed E-state index contributed by atoms with van der Waals surface area (Å²) in [4.78, 5) is 38.1. The van der Waals surface area contributed by atoms with E-state index in [1.54, 1.807) is 38.7 Å². The lowest BCUT2D eigenvalue weighted by atomic mass is 10.1. The zero-order chi connectivity index (χ0) is 24.3. The second-order valence-corrected chi connectivity index (χ2v) is 4.88. The molecule has 30 heavy (non-hydrogen) atoms. The van der Waals surface area contributed by atoms with Crippen molar-refractivity contribution in [2.75, 3.05) is 20.3 Å². The first-order chi connectivity index (χ1) is 14.0. The molecule has 1 aromatic heterocycles. The van der Waals surface area contributed by atoms with Crippen molar-refractivity contribution in [2.24, 2.45) is 12.8 Å². The number of carbonyl (C=O) groups excluding carboxylic acids is 4. The lowest BCUT2D eigenvalue weighted by molar-refractivity contribution is -0.191. The van der Waals surface area contributed by atoms with Gasteiger partial charge in [0.15, 0.2) is 0 Å². The second kappa shape index (κ2) is 18.1. The van der Waals surface area contributed by atoms with Crippen molar-refractivity contribution in [1.82, 2.24) is 9.78 Å².